The Labute approximate surface area is 102 Å². The smallest absolute Gasteiger partial charge is 0.112 e. The first-order valence-corrected chi connectivity index (χ1v) is 5.74. The molecule has 1 heteroatoms. The molecule has 0 aliphatic rings. The Morgan fingerprint density at radius 1 is 0.941 bits per heavy atom. The van der Waals surface area contributed by atoms with Gasteiger partial charge >= 0.3 is 0 Å². The van der Waals surface area contributed by atoms with Gasteiger partial charge in [0.15, 0.2) is 0 Å². The highest BCUT2D eigenvalue weighted by molar-refractivity contribution is 5.62. The van der Waals surface area contributed by atoms with Gasteiger partial charge in [-0.3, -0.25) is 0 Å². The van der Waals surface area contributed by atoms with Crippen molar-refractivity contribution in [3.05, 3.63) is 78.1 Å². The molecule has 0 N–H and O–H groups in total. The summed E-state index contributed by atoms with van der Waals surface area (Å²) in [7, 11) is 0. The van der Waals surface area contributed by atoms with Crippen LogP contribution in [0.25, 0.3) is 5.57 Å². The highest BCUT2D eigenvalue weighted by atomic mass is 16.5. The van der Waals surface area contributed by atoms with E-state index in [1.165, 1.54) is 11.1 Å². The molecule has 0 aromatic heterocycles. The zero-order valence-electron chi connectivity index (χ0n) is 9.97. The van der Waals surface area contributed by atoms with Crippen molar-refractivity contribution in [1.82, 2.24) is 0 Å². The van der Waals surface area contributed by atoms with E-state index in [9.17, 15) is 0 Å². The Morgan fingerprint density at radius 2 is 1.53 bits per heavy atom. The molecule has 0 fully saturated rings. The van der Waals surface area contributed by atoms with E-state index in [-0.39, 0.29) is 0 Å². The maximum absolute atomic E-state index is 5.57. The van der Waals surface area contributed by atoms with Crippen LogP contribution in [0.2, 0.25) is 0 Å². The summed E-state index contributed by atoms with van der Waals surface area (Å²) in [6, 6.07) is 20.4. The Morgan fingerprint density at radius 3 is 2.18 bits per heavy atom. The molecule has 0 amide bonds. The summed E-state index contributed by atoms with van der Waals surface area (Å²) in [5.74, 6) is 0. The molecule has 2 aromatic carbocycles. The molecule has 17 heavy (non-hydrogen) atoms. The summed E-state index contributed by atoms with van der Waals surface area (Å²) < 4.78 is 5.57. The van der Waals surface area contributed by atoms with Gasteiger partial charge in [-0.15, -0.1) is 0 Å². The summed E-state index contributed by atoms with van der Waals surface area (Å²) in [4.78, 5) is 0. The van der Waals surface area contributed by atoms with Crippen LogP contribution in [0.3, 0.4) is 0 Å². The lowest BCUT2D eigenvalue weighted by Gasteiger charge is -2.04. The van der Waals surface area contributed by atoms with Gasteiger partial charge in [-0.05, 0) is 23.6 Å². The lowest BCUT2D eigenvalue weighted by molar-refractivity contribution is 0.237. The topological polar surface area (TPSA) is 9.23 Å². The van der Waals surface area contributed by atoms with E-state index in [1.54, 1.807) is 0 Å². The van der Waals surface area contributed by atoms with Gasteiger partial charge in [0, 0.05) is 0 Å². The van der Waals surface area contributed by atoms with E-state index >= 15 is 0 Å². The van der Waals surface area contributed by atoms with Crippen molar-refractivity contribution in [2.45, 2.75) is 13.5 Å². The standard InChI is InChI=1S/C16H16O/c1-14(16-10-6-3-7-11-16)12-17-13-15-8-4-2-5-9-15/h2-12H,13H2,1H3. The van der Waals surface area contributed by atoms with Gasteiger partial charge in [0.25, 0.3) is 0 Å². The minimum atomic E-state index is 0.616. The average Bonchev–Trinajstić information content (AvgIpc) is 2.41. The van der Waals surface area contributed by atoms with Crippen molar-refractivity contribution < 1.29 is 4.74 Å². The first kappa shape index (κ1) is 11.5. The molecule has 0 heterocycles. The van der Waals surface area contributed by atoms with Crippen LogP contribution in [-0.4, -0.2) is 0 Å². The molecule has 2 aromatic rings. The van der Waals surface area contributed by atoms with Crippen LogP contribution in [0.1, 0.15) is 18.1 Å². The second-order valence-electron chi connectivity index (χ2n) is 3.96. The molecule has 2 rings (SSSR count). The molecule has 0 bridgehead atoms. The summed E-state index contributed by atoms with van der Waals surface area (Å²) in [5.41, 5.74) is 3.52. The molecule has 0 saturated heterocycles. The predicted molar refractivity (Wildman–Crippen MR) is 71.3 cm³/mol. The van der Waals surface area contributed by atoms with Crippen LogP contribution < -0.4 is 0 Å². The Balaban J connectivity index is 1.93. The summed E-state index contributed by atoms with van der Waals surface area (Å²) >= 11 is 0. The van der Waals surface area contributed by atoms with Crippen molar-refractivity contribution in [2.75, 3.05) is 0 Å². The molecular formula is C16H16O. The third-order valence-corrected chi connectivity index (χ3v) is 2.58. The van der Waals surface area contributed by atoms with E-state index in [2.05, 4.69) is 31.2 Å². The van der Waals surface area contributed by atoms with Gasteiger partial charge < -0.3 is 4.74 Å². The number of hydrogen-bond acceptors (Lipinski definition) is 1. The van der Waals surface area contributed by atoms with Crippen molar-refractivity contribution in [3.63, 3.8) is 0 Å². The fourth-order valence-corrected chi connectivity index (χ4v) is 1.61. The highest BCUT2D eigenvalue weighted by Crippen LogP contribution is 2.13. The first-order chi connectivity index (χ1) is 8.36. The molecule has 0 aliphatic heterocycles. The zero-order chi connectivity index (χ0) is 11.9. The number of allylic oxidation sites excluding steroid dienone is 1. The summed E-state index contributed by atoms with van der Waals surface area (Å²) in [6.45, 7) is 2.67. The van der Waals surface area contributed by atoms with E-state index in [1.807, 2.05) is 42.7 Å². The normalized spacial score (nSPS) is 11.2. The lowest BCUT2D eigenvalue weighted by Crippen LogP contribution is -1.87. The number of benzene rings is 2. The second-order valence-corrected chi connectivity index (χ2v) is 3.96. The maximum Gasteiger partial charge on any atom is 0.112 e. The fourth-order valence-electron chi connectivity index (χ4n) is 1.61. The van der Waals surface area contributed by atoms with Gasteiger partial charge in [-0.1, -0.05) is 60.7 Å². The van der Waals surface area contributed by atoms with Gasteiger partial charge in [0.1, 0.15) is 6.61 Å². The summed E-state index contributed by atoms with van der Waals surface area (Å²) in [5, 5.41) is 0. The maximum atomic E-state index is 5.57. The predicted octanol–water partition coefficient (Wildman–Crippen LogP) is 4.26. The van der Waals surface area contributed by atoms with Crippen LogP contribution in [0.15, 0.2) is 66.9 Å². The van der Waals surface area contributed by atoms with Crippen molar-refractivity contribution in [3.8, 4) is 0 Å². The molecule has 0 saturated carbocycles. The molecule has 0 unspecified atom stereocenters. The summed E-state index contributed by atoms with van der Waals surface area (Å²) in [6.07, 6.45) is 1.82. The van der Waals surface area contributed by atoms with Gasteiger partial charge in [-0.25, -0.2) is 0 Å². The Kier molecular flexibility index (Phi) is 3.98. The van der Waals surface area contributed by atoms with Crippen LogP contribution in [0.4, 0.5) is 0 Å². The van der Waals surface area contributed by atoms with Crippen LogP contribution in [0.5, 0.6) is 0 Å². The Hall–Kier alpha value is -2.02. The largest absolute Gasteiger partial charge is 0.496 e. The van der Waals surface area contributed by atoms with Crippen molar-refractivity contribution >= 4 is 5.57 Å². The van der Waals surface area contributed by atoms with Gasteiger partial charge in [0.05, 0.1) is 6.26 Å². The molecule has 1 nitrogen and oxygen atoms in total. The van der Waals surface area contributed by atoms with E-state index in [0.717, 1.165) is 5.57 Å². The van der Waals surface area contributed by atoms with E-state index in [4.69, 9.17) is 4.74 Å². The molecular weight excluding hydrogens is 208 g/mol. The monoisotopic (exact) mass is 224 g/mol. The lowest BCUT2D eigenvalue weighted by atomic mass is 10.1. The van der Waals surface area contributed by atoms with Crippen molar-refractivity contribution in [1.29, 1.82) is 0 Å². The first-order valence-electron chi connectivity index (χ1n) is 5.74. The van der Waals surface area contributed by atoms with E-state index < -0.39 is 0 Å². The fraction of sp³-hybridized carbons (Fsp3) is 0.125. The Bertz CT molecular complexity index is 471. The van der Waals surface area contributed by atoms with Crippen LogP contribution in [0, 0.1) is 0 Å². The van der Waals surface area contributed by atoms with Crippen LogP contribution in [-0.2, 0) is 11.3 Å². The van der Waals surface area contributed by atoms with Gasteiger partial charge in [-0.2, -0.15) is 0 Å². The van der Waals surface area contributed by atoms with Gasteiger partial charge in [0.2, 0.25) is 0 Å². The third-order valence-electron chi connectivity index (χ3n) is 2.58. The zero-order valence-corrected chi connectivity index (χ0v) is 9.97. The number of rotatable bonds is 4. The molecule has 0 spiro atoms. The quantitative estimate of drug-likeness (QED) is 0.705. The minimum absolute atomic E-state index is 0.616. The van der Waals surface area contributed by atoms with E-state index in [0.29, 0.717) is 6.61 Å². The average molecular weight is 224 g/mol. The van der Waals surface area contributed by atoms with Crippen LogP contribution >= 0.6 is 0 Å². The number of hydrogen-bond donors (Lipinski definition) is 0. The number of ether oxygens (including phenoxy) is 1. The highest BCUT2D eigenvalue weighted by Gasteiger charge is 1.94. The second kappa shape index (κ2) is 5.90. The van der Waals surface area contributed by atoms with Crippen molar-refractivity contribution in [2.24, 2.45) is 0 Å². The molecule has 86 valence electrons. The minimum Gasteiger partial charge on any atom is -0.496 e. The SMILES string of the molecule is CC(=COCc1ccccc1)c1ccccc1. The molecule has 0 radical (unpaired) electrons. The third kappa shape index (κ3) is 3.49. The molecule has 0 atom stereocenters. The molecule has 0 aliphatic carbocycles.